The van der Waals surface area contributed by atoms with Crippen LogP contribution in [0.5, 0.6) is 5.75 Å². The monoisotopic (exact) mass is 517 g/mol. The smallest absolute Gasteiger partial charge is 0.120 e. The molecule has 0 fully saturated rings. The van der Waals surface area contributed by atoms with Gasteiger partial charge in [0.25, 0.3) is 0 Å². The topological polar surface area (TPSA) is 30.0 Å². The van der Waals surface area contributed by atoms with E-state index in [-0.39, 0.29) is 0 Å². The Morgan fingerprint density at radius 1 is 0.459 bits per heavy atom. The third-order valence-electron chi connectivity index (χ3n) is 7.63. The summed E-state index contributed by atoms with van der Waals surface area (Å²) in [5.74, 6) is 0.497. The Bertz CT molecular complexity index is 654. The van der Waals surface area contributed by atoms with Crippen LogP contribution in [0.15, 0.2) is 12.1 Å². The first-order valence-corrected chi connectivity index (χ1v) is 16.0. The van der Waals surface area contributed by atoms with Gasteiger partial charge in [-0.2, -0.15) is 0 Å². The van der Waals surface area contributed by atoms with Crippen molar-refractivity contribution in [3.05, 3.63) is 28.8 Å². The average molecular weight is 518 g/mol. The molecule has 0 saturated heterocycles. The minimum atomic E-state index is 0.497. The predicted molar refractivity (Wildman–Crippen MR) is 163 cm³/mol. The zero-order valence-electron chi connectivity index (χ0n) is 25.8. The molecule has 0 unspecified atom stereocenters. The molecule has 1 aromatic rings. The third kappa shape index (κ3) is 14.0. The summed E-state index contributed by atoms with van der Waals surface area (Å²) in [6, 6.07) is 4.23. The fourth-order valence-electron chi connectivity index (χ4n) is 5.04. The Kier molecular flexibility index (Phi) is 20.0. The highest BCUT2D eigenvalue weighted by Gasteiger charge is 2.20. The van der Waals surface area contributed by atoms with Crippen LogP contribution in [-0.2, 0) is 19.6 Å². The molecular weight excluding hydrogens is 454 g/mol. The Labute approximate surface area is 231 Å². The summed E-state index contributed by atoms with van der Waals surface area (Å²) in [5.41, 5.74) is 4.03. The van der Waals surface area contributed by atoms with E-state index in [1.165, 1.54) is 107 Å². The molecule has 0 saturated carbocycles. The highest BCUT2D eigenvalue weighted by Crippen LogP contribution is 2.29. The summed E-state index contributed by atoms with van der Waals surface area (Å²) in [6.45, 7) is 23.4. The number of rotatable bonds is 24. The van der Waals surface area contributed by atoms with Crippen molar-refractivity contribution in [1.29, 1.82) is 0 Å². The highest BCUT2D eigenvalue weighted by molar-refractivity contribution is 5.44. The van der Waals surface area contributed by atoms with E-state index in [0.29, 0.717) is 5.75 Å². The van der Waals surface area contributed by atoms with Crippen molar-refractivity contribution < 1.29 is 5.11 Å². The van der Waals surface area contributed by atoms with Crippen LogP contribution in [0.25, 0.3) is 0 Å². The normalized spacial score (nSPS) is 11.9. The van der Waals surface area contributed by atoms with E-state index >= 15 is 0 Å². The number of unbranched alkanes of at least 4 members (excludes halogenated alkanes) is 6. The lowest BCUT2D eigenvalue weighted by Gasteiger charge is -2.30. The zero-order chi connectivity index (χ0) is 27.3. The van der Waals surface area contributed by atoms with Crippen molar-refractivity contribution in [1.82, 2.24) is 14.7 Å². The van der Waals surface area contributed by atoms with Crippen molar-refractivity contribution in [2.45, 2.75) is 138 Å². The fourth-order valence-corrected chi connectivity index (χ4v) is 5.04. The second-order valence-corrected chi connectivity index (χ2v) is 11.2. The van der Waals surface area contributed by atoms with Crippen molar-refractivity contribution in [2.75, 3.05) is 39.3 Å². The first kappa shape index (κ1) is 33.9. The molecular formula is C33H63N3O. The first-order chi connectivity index (χ1) is 18.0. The van der Waals surface area contributed by atoms with Gasteiger partial charge in [0.1, 0.15) is 5.75 Å². The van der Waals surface area contributed by atoms with Crippen molar-refractivity contribution in [3.63, 3.8) is 0 Å². The van der Waals surface area contributed by atoms with Crippen molar-refractivity contribution in [2.24, 2.45) is 0 Å². The molecule has 0 aliphatic heterocycles. The van der Waals surface area contributed by atoms with Gasteiger partial charge in [0.15, 0.2) is 0 Å². The zero-order valence-corrected chi connectivity index (χ0v) is 25.8. The Hall–Kier alpha value is -1.10. The SMILES string of the molecule is CCCCN(CCCC)Cc1ccc(O)c(CN(CCCC)CCCC)c1CN(CCCC)CCCC. The molecule has 1 N–H and O–H groups in total. The molecule has 0 aliphatic rings. The van der Waals surface area contributed by atoms with E-state index in [0.717, 1.165) is 45.8 Å². The number of phenols is 1. The van der Waals surface area contributed by atoms with E-state index in [9.17, 15) is 5.11 Å². The summed E-state index contributed by atoms with van der Waals surface area (Å²) >= 11 is 0. The van der Waals surface area contributed by atoms with Gasteiger partial charge < -0.3 is 5.11 Å². The van der Waals surface area contributed by atoms with Gasteiger partial charge in [0.05, 0.1) is 0 Å². The lowest BCUT2D eigenvalue weighted by atomic mass is 9.97. The standard InChI is InChI=1S/C33H63N3O/c1-7-13-21-34(22-14-8-2)27-30-19-20-33(37)32(29-36(25-17-11-5)26-18-12-6)31(30)28-35(23-15-9-3)24-16-10-4/h19-20,37H,7-18,21-29H2,1-6H3. The predicted octanol–water partition coefficient (Wildman–Crippen LogP) is 8.60. The van der Waals surface area contributed by atoms with Crippen LogP contribution in [0, 0.1) is 0 Å². The average Bonchev–Trinajstić information content (AvgIpc) is 2.91. The molecule has 37 heavy (non-hydrogen) atoms. The molecule has 4 heteroatoms. The summed E-state index contributed by atoms with van der Waals surface area (Å²) in [7, 11) is 0. The molecule has 0 bridgehead atoms. The van der Waals surface area contributed by atoms with Gasteiger partial charge in [-0.15, -0.1) is 0 Å². The molecule has 216 valence electrons. The van der Waals surface area contributed by atoms with Crippen LogP contribution >= 0.6 is 0 Å². The van der Waals surface area contributed by atoms with E-state index < -0.39 is 0 Å². The fraction of sp³-hybridized carbons (Fsp3) is 0.818. The number of hydrogen-bond donors (Lipinski definition) is 1. The van der Waals surface area contributed by atoms with Crippen LogP contribution in [0.1, 0.15) is 135 Å². The molecule has 1 aromatic carbocycles. The van der Waals surface area contributed by atoms with E-state index in [4.69, 9.17) is 0 Å². The number of aromatic hydroxyl groups is 1. The van der Waals surface area contributed by atoms with E-state index in [2.05, 4.69) is 62.3 Å². The Morgan fingerprint density at radius 3 is 1.14 bits per heavy atom. The number of hydrogen-bond acceptors (Lipinski definition) is 4. The largest absolute Gasteiger partial charge is 0.508 e. The minimum Gasteiger partial charge on any atom is -0.508 e. The van der Waals surface area contributed by atoms with Gasteiger partial charge in [-0.25, -0.2) is 0 Å². The molecule has 1 rings (SSSR count). The molecule has 0 aromatic heterocycles. The number of nitrogens with zero attached hydrogens (tertiary/aromatic N) is 3. The Morgan fingerprint density at radius 2 is 0.784 bits per heavy atom. The van der Waals surface area contributed by atoms with Crippen LogP contribution < -0.4 is 0 Å². The van der Waals surface area contributed by atoms with Crippen LogP contribution in [-0.4, -0.2) is 59.1 Å². The lowest BCUT2D eigenvalue weighted by Crippen LogP contribution is -2.31. The van der Waals surface area contributed by atoms with E-state index in [1.807, 2.05) is 6.07 Å². The highest BCUT2D eigenvalue weighted by atomic mass is 16.3. The number of phenolic OH excluding ortho intramolecular Hbond substituents is 1. The summed E-state index contributed by atoms with van der Waals surface area (Å²) < 4.78 is 0. The summed E-state index contributed by atoms with van der Waals surface area (Å²) in [5, 5.41) is 11.2. The second kappa shape index (κ2) is 21.8. The Balaban J connectivity index is 3.41. The first-order valence-electron chi connectivity index (χ1n) is 16.0. The van der Waals surface area contributed by atoms with Gasteiger partial charge in [-0.05, 0) is 95.0 Å². The summed E-state index contributed by atoms with van der Waals surface area (Å²) in [6.07, 6.45) is 14.8. The van der Waals surface area contributed by atoms with Crippen LogP contribution in [0.4, 0.5) is 0 Å². The van der Waals surface area contributed by atoms with Crippen LogP contribution in [0.3, 0.4) is 0 Å². The molecule has 0 aliphatic carbocycles. The van der Waals surface area contributed by atoms with Gasteiger partial charge in [0, 0.05) is 25.2 Å². The molecule has 0 spiro atoms. The van der Waals surface area contributed by atoms with Gasteiger partial charge >= 0.3 is 0 Å². The minimum absolute atomic E-state index is 0.497. The third-order valence-corrected chi connectivity index (χ3v) is 7.63. The molecule has 0 atom stereocenters. The maximum atomic E-state index is 11.2. The molecule has 4 nitrogen and oxygen atoms in total. The second-order valence-electron chi connectivity index (χ2n) is 11.2. The molecule has 0 radical (unpaired) electrons. The van der Waals surface area contributed by atoms with Crippen molar-refractivity contribution >= 4 is 0 Å². The maximum Gasteiger partial charge on any atom is 0.120 e. The van der Waals surface area contributed by atoms with Crippen molar-refractivity contribution in [3.8, 4) is 5.75 Å². The molecule has 0 heterocycles. The van der Waals surface area contributed by atoms with E-state index in [1.54, 1.807) is 0 Å². The van der Waals surface area contributed by atoms with Gasteiger partial charge in [0.2, 0.25) is 0 Å². The summed E-state index contributed by atoms with van der Waals surface area (Å²) in [4.78, 5) is 7.93. The maximum absolute atomic E-state index is 11.2. The quantitative estimate of drug-likeness (QED) is 0.149. The van der Waals surface area contributed by atoms with Gasteiger partial charge in [-0.1, -0.05) is 86.1 Å². The number of benzene rings is 1. The van der Waals surface area contributed by atoms with Crippen LogP contribution in [0.2, 0.25) is 0 Å². The molecule has 0 amide bonds. The van der Waals surface area contributed by atoms with Gasteiger partial charge in [-0.3, -0.25) is 14.7 Å². The lowest BCUT2D eigenvalue weighted by molar-refractivity contribution is 0.234.